The number of nitrogens with one attached hydrogen (secondary N) is 1. The molecule has 1 heterocycles. The first-order chi connectivity index (χ1) is 9.63. The van der Waals surface area contributed by atoms with Crippen molar-refractivity contribution in [2.24, 2.45) is 5.92 Å². The van der Waals surface area contributed by atoms with Gasteiger partial charge in [0.25, 0.3) is 0 Å². The van der Waals surface area contributed by atoms with E-state index in [4.69, 9.17) is 9.84 Å². The lowest BCUT2D eigenvalue weighted by Gasteiger charge is -2.32. The maximum atomic E-state index is 12.0. The quantitative estimate of drug-likeness (QED) is 0.666. The predicted octanol–water partition coefficient (Wildman–Crippen LogP) is 1.70. The summed E-state index contributed by atoms with van der Waals surface area (Å²) in [5.74, 6) is -0.691. The first kappa shape index (κ1) is 16.8. The van der Waals surface area contributed by atoms with Crippen LogP contribution in [0.15, 0.2) is 0 Å². The topological polar surface area (TPSA) is 78.9 Å². The Balaban J connectivity index is 2.17. The third-order valence-corrected chi connectivity index (χ3v) is 3.57. The minimum Gasteiger partial charge on any atom is -0.481 e. The Morgan fingerprint density at radius 3 is 2.85 bits per heavy atom. The van der Waals surface area contributed by atoms with Crippen LogP contribution in [-0.2, 0) is 9.53 Å². The van der Waals surface area contributed by atoms with Crippen LogP contribution in [0.25, 0.3) is 0 Å². The van der Waals surface area contributed by atoms with Gasteiger partial charge in [-0.3, -0.25) is 4.79 Å². The molecule has 0 spiro atoms. The zero-order chi connectivity index (χ0) is 14.8. The fraction of sp³-hybridized carbons (Fsp3) is 0.857. The Hall–Kier alpha value is -1.30. The van der Waals surface area contributed by atoms with Gasteiger partial charge < -0.3 is 20.1 Å². The molecule has 0 aromatic rings. The summed E-state index contributed by atoms with van der Waals surface area (Å²) in [6.45, 7) is 2.72. The first-order valence-corrected chi connectivity index (χ1v) is 7.37. The van der Waals surface area contributed by atoms with Gasteiger partial charge in [0, 0.05) is 39.8 Å². The number of methoxy groups -OCH3 is 1. The van der Waals surface area contributed by atoms with E-state index in [1.165, 1.54) is 0 Å². The number of carboxylic acid groups (broad SMARTS) is 1. The van der Waals surface area contributed by atoms with Crippen LogP contribution in [-0.4, -0.2) is 55.4 Å². The standard InChI is InChI=1S/C14H26N2O4/c1-20-9-4-2-3-7-15-14(19)16-8-5-6-12(11-16)10-13(17)18/h12H,2-11H2,1H3,(H,15,19)(H,17,18). The molecule has 6 nitrogen and oxygen atoms in total. The summed E-state index contributed by atoms with van der Waals surface area (Å²) in [6.07, 6.45) is 4.93. The molecule has 1 fully saturated rings. The Kier molecular flexibility index (Phi) is 8.02. The average Bonchev–Trinajstić information content (AvgIpc) is 2.42. The highest BCUT2D eigenvalue weighted by molar-refractivity contribution is 5.74. The maximum Gasteiger partial charge on any atom is 0.317 e. The summed E-state index contributed by atoms with van der Waals surface area (Å²) < 4.78 is 4.96. The number of ether oxygens (including phenoxy) is 1. The zero-order valence-corrected chi connectivity index (χ0v) is 12.3. The molecule has 20 heavy (non-hydrogen) atoms. The first-order valence-electron chi connectivity index (χ1n) is 7.37. The molecule has 2 amide bonds. The number of piperidine rings is 1. The second-order valence-corrected chi connectivity index (χ2v) is 5.34. The molecule has 0 aromatic carbocycles. The molecule has 6 heteroatoms. The van der Waals surface area contributed by atoms with Crippen molar-refractivity contribution in [1.82, 2.24) is 10.2 Å². The van der Waals surface area contributed by atoms with Crippen molar-refractivity contribution in [2.45, 2.75) is 38.5 Å². The minimum atomic E-state index is -0.782. The van der Waals surface area contributed by atoms with E-state index >= 15 is 0 Å². The van der Waals surface area contributed by atoms with E-state index in [-0.39, 0.29) is 18.4 Å². The highest BCUT2D eigenvalue weighted by Crippen LogP contribution is 2.19. The number of likely N-dealkylation sites (tertiary alicyclic amines) is 1. The van der Waals surface area contributed by atoms with Gasteiger partial charge in [-0.25, -0.2) is 4.79 Å². The van der Waals surface area contributed by atoms with Crippen LogP contribution in [0.5, 0.6) is 0 Å². The Labute approximate surface area is 120 Å². The van der Waals surface area contributed by atoms with Crippen LogP contribution in [0.1, 0.15) is 38.5 Å². The molecule has 1 saturated heterocycles. The van der Waals surface area contributed by atoms with Crippen LogP contribution < -0.4 is 5.32 Å². The highest BCUT2D eigenvalue weighted by atomic mass is 16.5. The van der Waals surface area contributed by atoms with E-state index in [2.05, 4.69) is 5.32 Å². The van der Waals surface area contributed by atoms with Gasteiger partial charge in [-0.2, -0.15) is 0 Å². The molecule has 1 atom stereocenters. The van der Waals surface area contributed by atoms with Crippen molar-refractivity contribution < 1.29 is 19.4 Å². The molecule has 1 unspecified atom stereocenters. The minimum absolute atomic E-state index is 0.0631. The van der Waals surface area contributed by atoms with Gasteiger partial charge in [-0.1, -0.05) is 0 Å². The Morgan fingerprint density at radius 1 is 1.35 bits per heavy atom. The number of amides is 2. The van der Waals surface area contributed by atoms with Crippen LogP contribution in [0.3, 0.4) is 0 Å². The Bertz CT molecular complexity index is 310. The van der Waals surface area contributed by atoms with E-state index < -0.39 is 5.97 Å². The number of carbonyl (C=O) groups excluding carboxylic acids is 1. The number of urea groups is 1. The lowest BCUT2D eigenvalue weighted by molar-refractivity contribution is -0.138. The third kappa shape index (κ3) is 6.75. The maximum absolute atomic E-state index is 12.0. The number of carboxylic acids is 1. The summed E-state index contributed by atoms with van der Waals surface area (Å²) in [7, 11) is 1.69. The van der Waals surface area contributed by atoms with E-state index in [0.29, 0.717) is 13.1 Å². The molecule has 1 rings (SSSR count). The molecule has 0 bridgehead atoms. The molecule has 0 aliphatic carbocycles. The number of hydrogen-bond donors (Lipinski definition) is 2. The molecular formula is C14H26N2O4. The number of rotatable bonds is 8. The predicted molar refractivity (Wildman–Crippen MR) is 75.7 cm³/mol. The third-order valence-electron chi connectivity index (χ3n) is 3.57. The fourth-order valence-corrected chi connectivity index (χ4v) is 2.52. The van der Waals surface area contributed by atoms with E-state index in [1.54, 1.807) is 12.0 Å². The van der Waals surface area contributed by atoms with Gasteiger partial charge in [0.15, 0.2) is 0 Å². The molecule has 1 aliphatic rings. The lowest BCUT2D eigenvalue weighted by atomic mass is 9.95. The highest BCUT2D eigenvalue weighted by Gasteiger charge is 2.24. The number of carbonyl (C=O) groups is 2. The van der Waals surface area contributed by atoms with Gasteiger partial charge in [-0.15, -0.1) is 0 Å². The van der Waals surface area contributed by atoms with Gasteiger partial charge in [0.2, 0.25) is 0 Å². The fourth-order valence-electron chi connectivity index (χ4n) is 2.52. The second-order valence-electron chi connectivity index (χ2n) is 5.34. The van der Waals surface area contributed by atoms with Crippen LogP contribution in [0.2, 0.25) is 0 Å². The van der Waals surface area contributed by atoms with Gasteiger partial charge in [0.1, 0.15) is 0 Å². The van der Waals surface area contributed by atoms with Crippen LogP contribution >= 0.6 is 0 Å². The largest absolute Gasteiger partial charge is 0.481 e. The van der Waals surface area contributed by atoms with Crippen molar-refractivity contribution >= 4 is 12.0 Å². The molecule has 116 valence electrons. The van der Waals surface area contributed by atoms with Gasteiger partial charge in [0.05, 0.1) is 0 Å². The summed E-state index contributed by atoms with van der Waals surface area (Å²) in [4.78, 5) is 24.4. The van der Waals surface area contributed by atoms with E-state index in [0.717, 1.165) is 45.3 Å². The zero-order valence-electron chi connectivity index (χ0n) is 12.3. The second kappa shape index (κ2) is 9.58. The van der Waals surface area contributed by atoms with Crippen molar-refractivity contribution in [3.05, 3.63) is 0 Å². The van der Waals surface area contributed by atoms with Crippen LogP contribution in [0.4, 0.5) is 4.79 Å². The SMILES string of the molecule is COCCCCCNC(=O)N1CCCC(CC(=O)O)C1. The monoisotopic (exact) mass is 286 g/mol. The molecule has 1 aliphatic heterocycles. The summed E-state index contributed by atoms with van der Waals surface area (Å²) in [5, 5.41) is 11.7. The Morgan fingerprint density at radius 2 is 2.15 bits per heavy atom. The van der Waals surface area contributed by atoms with Crippen LogP contribution in [0, 0.1) is 5.92 Å². The number of nitrogens with zero attached hydrogens (tertiary/aromatic N) is 1. The number of hydrogen-bond acceptors (Lipinski definition) is 3. The molecule has 2 N–H and O–H groups in total. The van der Waals surface area contributed by atoms with Crippen molar-refractivity contribution in [3.8, 4) is 0 Å². The average molecular weight is 286 g/mol. The number of aliphatic carboxylic acids is 1. The molecule has 0 aromatic heterocycles. The number of unbranched alkanes of at least 4 members (excludes halogenated alkanes) is 2. The lowest BCUT2D eigenvalue weighted by Crippen LogP contribution is -2.46. The van der Waals surface area contributed by atoms with Crippen molar-refractivity contribution in [1.29, 1.82) is 0 Å². The normalized spacial score (nSPS) is 18.9. The summed E-state index contributed by atoms with van der Waals surface area (Å²) in [5.41, 5.74) is 0. The van der Waals surface area contributed by atoms with Gasteiger partial charge >= 0.3 is 12.0 Å². The van der Waals surface area contributed by atoms with E-state index in [1.807, 2.05) is 0 Å². The van der Waals surface area contributed by atoms with Crippen molar-refractivity contribution in [2.75, 3.05) is 33.4 Å². The summed E-state index contributed by atoms with van der Waals surface area (Å²) in [6, 6.07) is -0.0631. The van der Waals surface area contributed by atoms with Crippen molar-refractivity contribution in [3.63, 3.8) is 0 Å². The molecule has 0 radical (unpaired) electrons. The van der Waals surface area contributed by atoms with E-state index in [9.17, 15) is 9.59 Å². The molecular weight excluding hydrogens is 260 g/mol. The van der Waals surface area contributed by atoms with Gasteiger partial charge in [-0.05, 0) is 38.0 Å². The summed E-state index contributed by atoms with van der Waals surface area (Å²) >= 11 is 0. The molecule has 0 saturated carbocycles. The smallest absolute Gasteiger partial charge is 0.317 e.